The number of nitrogens with zero attached hydrogens (tertiary/aromatic N) is 3. The molecule has 0 aliphatic carbocycles. The Labute approximate surface area is 117 Å². The van der Waals surface area contributed by atoms with E-state index in [0.29, 0.717) is 17.1 Å². The molecule has 0 amide bonds. The quantitative estimate of drug-likeness (QED) is 0.936. The summed E-state index contributed by atoms with van der Waals surface area (Å²) in [4.78, 5) is 0. The highest BCUT2D eigenvalue weighted by molar-refractivity contribution is 6.32. The van der Waals surface area contributed by atoms with Crippen molar-refractivity contribution >= 4 is 11.6 Å². The third-order valence-corrected chi connectivity index (χ3v) is 3.67. The zero-order chi connectivity index (χ0) is 14.0. The Morgan fingerprint density at radius 1 is 1.47 bits per heavy atom. The molecule has 1 aromatic carbocycles. The van der Waals surface area contributed by atoms with Gasteiger partial charge in [-0.1, -0.05) is 17.7 Å². The van der Waals surface area contributed by atoms with Gasteiger partial charge in [-0.2, -0.15) is 10.4 Å². The van der Waals surface area contributed by atoms with Crippen LogP contribution in [0.2, 0.25) is 5.02 Å². The van der Waals surface area contributed by atoms with Crippen molar-refractivity contribution in [3.05, 3.63) is 40.5 Å². The second-order valence-electron chi connectivity index (χ2n) is 4.48. The van der Waals surface area contributed by atoms with E-state index in [1.165, 1.54) is 0 Å². The highest BCUT2D eigenvalue weighted by atomic mass is 35.5. The van der Waals surface area contributed by atoms with Gasteiger partial charge in [-0.3, -0.25) is 4.68 Å². The predicted octanol–water partition coefficient (Wildman–Crippen LogP) is 2.90. The molecule has 0 saturated heterocycles. The first-order valence-corrected chi connectivity index (χ1v) is 6.41. The standard InChI is InChI=1S/C14H15ClN4/c1-9(7-16)19-6-5-13(18-19)12-4-3-11(8-17)14(15)10(12)2/h3-6,9H,7,16H2,1-2H3/t9-/m1/s1. The predicted molar refractivity (Wildman–Crippen MR) is 75.9 cm³/mol. The second kappa shape index (κ2) is 5.43. The maximum atomic E-state index is 8.95. The molecule has 1 heterocycles. The molecular weight excluding hydrogens is 260 g/mol. The lowest BCUT2D eigenvalue weighted by atomic mass is 10.0. The molecule has 0 fully saturated rings. The first-order valence-electron chi connectivity index (χ1n) is 6.03. The summed E-state index contributed by atoms with van der Waals surface area (Å²) < 4.78 is 1.83. The first kappa shape index (κ1) is 13.6. The van der Waals surface area contributed by atoms with Crippen LogP contribution in [0.4, 0.5) is 0 Å². The van der Waals surface area contributed by atoms with E-state index in [2.05, 4.69) is 11.2 Å². The van der Waals surface area contributed by atoms with Crippen LogP contribution in [0.15, 0.2) is 24.4 Å². The molecule has 0 bridgehead atoms. The van der Waals surface area contributed by atoms with Crippen LogP contribution in [-0.2, 0) is 0 Å². The number of hydrogen-bond acceptors (Lipinski definition) is 3. The molecule has 2 rings (SSSR count). The van der Waals surface area contributed by atoms with E-state index in [4.69, 9.17) is 22.6 Å². The minimum Gasteiger partial charge on any atom is -0.328 e. The highest BCUT2D eigenvalue weighted by Gasteiger charge is 2.12. The van der Waals surface area contributed by atoms with Gasteiger partial charge >= 0.3 is 0 Å². The van der Waals surface area contributed by atoms with Crippen molar-refractivity contribution in [2.24, 2.45) is 5.73 Å². The zero-order valence-corrected chi connectivity index (χ0v) is 11.6. The number of benzene rings is 1. The number of halogens is 1. The van der Waals surface area contributed by atoms with E-state index >= 15 is 0 Å². The Bertz CT molecular complexity index is 639. The Morgan fingerprint density at radius 3 is 2.84 bits per heavy atom. The van der Waals surface area contributed by atoms with Gasteiger partial charge in [-0.05, 0) is 31.5 Å². The fraction of sp³-hybridized carbons (Fsp3) is 0.286. The van der Waals surface area contributed by atoms with Crippen LogP contribution in [0, 0.1) is 18.3 Å². The number of nitrogens with two attached hydrogens (primary N) is 1. The van der Waals surface area contributed by atoms with Gasteiger partial charge in [-0.15, -0.1) is 0 Å². The Morgan fingerprint density at radius 2 is 2.21 bits per heavy atom. The zero-order valence-electron chi connectivity index (χ0n) is 10.9. The van der Waals surface area contributed by atoms with Gasteiger partial charge in [0.2, 0.25) is 0 Å². The van der Waals surface area contributed by atoms with Crippen molar-refractivity contribution in [2.75, 3.05) is 6.54 Å². The molecule has 0 radical (unpaired) electrons. The molecule has 19 heavy (non-hydrogen) atoms. The smallest absolute Gasteiger partial charge is 0.101 e. The minimum absolute atomic E-state index is 0.155. The molecular formula is C14H15ClN4. The van der Waals surface area contributed by atoms with E-state index < -0.39 is 0 Å². The van der Waals surface area contributed by atoms with Gasteiger partial charge in [0.15, 0.2) is 0 Å². The van der Waals surface area contributed by atoms with Crippen LogP contribution >= 0.6 is 11.6 Å². The number of aromatic nitrogens is 2. The summed E-state index contributed by atoms with van der Waals surface area (Å²) in [5, 5.41) is 13.9. The molecule has 0 aliphatic heterocycles. The molecule has 0 unspecified atom stereocenters. The van der Waals surface area contributed by atoms with Crippen LogP contribution in [0.25, 0.3) is 11.3 Å². The van der Waals surface area contributed by atoms with E-state index in [0.717, 1.165) is 16.8 Å². The first-order chi connectivity index (χ1) is 9.08. The van der Waals surface area contributed by atoms with Gasteiger partial charge in [0.1, 0.15) is 6.07 Å². The summed E-state index contributed by atoms with van der Waals surface area (Å²) in [6.45, 7) is 4.44. The number of nitriles is 1. The van der Waals surface area contributed by atoms with Gasteiger partial charge < -0.3 is 5.73 Å². The van der Waals surface area contributed by atoms with E-state index in [-0.39, 0.29) is 6.04 Å². The number of rotatable bonds is 3. The van der Waals surface area contributed by atoms with Gasteiger partial charge in [0, 0.05) is 18.3 Å². The van der Waals surface area contributed by atoms with Crippen molar-refractivity contribution in [3.63, 3.8) is 0 Å². The average molecular weight is 275 g/mol. The molecule has 0 saturated carbocycles. The largest absolute Gasteiger partial charge is 0.328 e. The van der Waals surface area contributed by atoms with Gasteiger partial charge in [0.05, 0.1) is 22.3 Å². The molecule has 2 aromatic rings. The fourth-order valence-corrected chi connectivity index (χ4v) is 2.09. The maximum absolute atomic E-state index is 8.95. The third kappa shape index (κ3) is 2.48. The average Bonchev–Trinajstić information content (AvgIpc) is 2.90. The number of hydrogen-bond donors (Lipinski definition) is 1. The summed E-state index contributed by atoms with van der Waals surface area (Å²) in [5.74, 6) is 0. The highest BCUT2D eigenvalue weighted by Crippen LogP contribution is 2.30. The summed E-state index contributed by atoms with van der Waals surface area (Å²) in [5.41, 5.74) is 8.75. The molecule has 1 aromatic heterocycles. The SMILES string of the molecule is Cc1c(-c2ccn([C@H](C)CN)n2)ccc(C#N)c1Cl. The fourth-order valence-electron chi connectivity index (χ4n) is 1.88. The van der Waals surface area contributed by atoms with Crippen LogP contribution in [0.1, 0.15) is 24.1 Å². The Balaban J connectivity index is 2.46. The van der Waals surface area contributed by atoms with Crippen LogP contribution < -0.4 is 5.73 Å². The molecule has 2 N–H and O–H groups in total. The lowest BCUT2D eigenvalue weighted by Gasteiger charge is -2.09. The monoisotopic (exact) mass is 274 g/mol. The van der Waals surface area contributed by atoms with Crippen molar-refractivity contribution in [2.45, 2.75) is 19.9 Å². The van der Waals surface area contributed by atoms with Crippen molar-refractivity contribution < 1.29 is 0 Å². The third-order valence-electron chi connectivity index (χ3n) is 3.18. The van der Waals surface area contributed by atoms with Crippen molar-refractivity contribution in [1.82, 2.24) is 9.78 Å². The molecule has 4 nitrogen and oxygen atoms in total. The Kier molecular flexibility index (Phi) is 3.89. The topological polar surface area (TPSA) is 67.6 Å². The van der Waals surface area contributed by atoms with Gasteiger partial charge in [0.25, 0.3) is 0 Å². The van der Waals surface area contributed by atoms with E-state index in [1.54, 1.807) is 6.07 Å². The van der Waals surface area contributed by atoms with Crippen LogP contribution in [-0.4, -0.2) is 16.3 Å². The Hall–Kier alpha value is -1.83. The van der Waals surface area contributed by atoms with Crippen molar-refractivity contribution in [1.29, 1.82) is 5.26 Å². The minimum atomic E-state index is 0.155. The lowest BCUT2D eigenvalue weighted by molar-refractivity contribution is 0.502. The maximum Gasteiger partial charge on any atom is 0.101 e. The molecule has 0 spiro atoms. The van der Waals surface area contributed by atoms with Crippen molar-refractivity contribution in [3.8, 4) is 17.3 Å². The lowest BCUT2D eigenvalue weighted by Crippen LogP contribution is -2.16. The van der Waals surface area contributed by atoms with E-state index in [9.17, 15) is 0 Å². The summed E-state index contributed by atoms with van der Waals surface area (Å²) in [6, 6.07) is 7.75. The molecule has 0 aliphatic rings. The normalized spacial score (nSPS) is 12.2. The molecule has 98 valence electrons. The van der Waals surface area contributed by atoms with Crippen LogP contribution in [0.5, 0.6) is 0 Å². The molecule has 5 heteroatoms. The molecule has 1 atom stereocenters. The van der Waals surface area contributed by atoms with E-state index in [1.807, 2.05) is 36.9 Å². The summed E-state index contributed by atoms with van der Waals surface area (Å²) in [6.07, 6.45) is 1.90. The van der Waals surface area contributed by atoms with Crippen LogP contribution in [0.3, 0.4) is 0 Å². The summed E-state index contributed by atoms with van der Waals surface area (Å²) in [7, 11) is 0. The van der Waals surface area contributed by atoms with Gasteiger partial charge in [-0.25, -0.2) is 0 Å². The summed E-state index contributed by atoms with van der Waals surface area (Å²) >= 11 is 6.17. The second-order valence-corrected chi connectivity index (χ2v) is 4.86.